The van der Waals surface area contributed by atoms with Crippen LogP contribution < -0.4 is 4.72 Å². The second-order valence-electron chi connectivity index (χ2n) is 3.64. The molecule has 1 saturated heterocycles. The summed E-state index contributed by atoms with van der Waals surface area (Å²) >= 11 is 0. The molecule has 1 fully saturated rings. The molecular weight excluding hydrogens is 244 g/mol. The van der Waals surface area contributed by atoms with Gasteiger partial charge in [-0.2, -0.15) is 14.3 Å². The van der Waals surface area contributed by atoms with Crippen LogP contribution >= 0.6 is 11.0 Å². The molecule has 4 N–H and O–H groups in total. The van der Waals surface area contributed by atoms with E-state index in [4.69, 9.17) is 5.26 Å². The summed E-state index contributed by atoms with van der Waals surface area (Å²) in [6.45, 7) is 0.343. The lowest BCUT2D eigenvalue weighted by Crippen LogP contribution is -2.25. The summed E-state index contributed by atoms with van der Waals surface area (Å²) in [7, 11) is -3.12. The maximum atomic E-state index is 9.63. The van der Waals surface area contributed by atoms with Gasteiger partial charge in [0.2, 0.25) is 0 Å². The number of aliphatic hydroxyl groups excluding tert-OH is 1. The third-order valence-electron chi connectivity index (χ3n) is 2.33. The Morgan fingerprint density at radius 3 is 3.00 bits per heavy atom. The molecule has 1 atom stereocenters. The Hall–Kier alpha value is -1.21. The molecule has 17 heavy (non-hydrogen) atoms. The van der Waals surface area contributed by atoms with Crippen molar-refractivity contribution in [2.45, 2.75) is 12.8 Å². The fraction of sp³-hybridized carbons (Fsp3) is 0.333. The van der Waals surface area contributed by atoms with Crippen molar-refractivity contribution in [2.24, 2.45) is 0 Å². The molecule has 1 aromatic rings. The standard InChI is InChI=1S/C9H12N4O3S/c10-4-8-3-7(1-2-11-8)5-13-6-9(14)12-17(13,15)16/h1-3,9,12,14-16H,5-6H2. The molecule has 0 spiro atoms. The topological polar surface area (TPSA) is 113 Å². The molecule has 1 unspecified atom stereocenters. The zero-order valence-corrected chi connectivity index (χ0v) is 9.63. The molecule has 2 heterocycles. The molecular formula is C9H12N4O3S. The van der Waals surface area contributed by atoms with E-state index in [-0.39, 0.29) is 18.8 Å². The van der Waals surface area contributed by atoms with Gasteiger partial charge in [-0.15, -0.1) is 0 Å². The lowest BCUT2D eigenvalue weighted by atomic mass is 10.2. The van der Waals surface area contributed by atoms with Crippen molar-refractivity contribution >= 4 is 11.0 Å². The first-order valence-corrected chi connectivity index (χ1v) is 6.35. The lowest BCUT2D eigenvalue weighted by Gasteiger charge is -2.35. The maximum absolute atomic E-state index is 9.63. The zero-order chi connectivity index (χ0) is 12.5. The highest BCUT2D eigenvalue weighted by atomic mass is 32.3. The molecule has 0 aromatic carbocycles. The molecule has 1 aromatic heterocycles. The molecule has 0 amide bonds. The van der Waals surface area contributed by atoms with Crippen LogP contribution in [0.5, 0.6) is 0 Å². The van der Waals surface area contributed by atoms with Gasteiger partial charge in [0.25, 0.3) is 0 Å². The van der Waals surface area contributed by atoms with E-state index in [2.05, 4.69) is 9.71 Å². The first kappa shape index (κ1) is 12.3. The summed E-state index contributed by atoms with van der Waals surface area (Å²) in [5.41, 5.74) is 0.999. The monoisotopic (exact) mass is 256 g/mol. The van der Waals surface area contributed by atoms with E-state index in [0.29, 0.717) is 0 Å². The normalized spacial score (nSPS) is 25.4. The summed E-state index contributed by atoms with van der Waals surface area (Å²) in [5, 5.41) is 18.0. The van der Waals surface area contributed by atoms with Crippen molar-refractivity contribution in [2.75, 3.05) is 6.54 Å². The summed E-state index contributed by atoms with van der Waals surface area (Å²) in [6.07, 6.45) is 0.525. The van der Waals surface area contributed by atoms with Crippen molar-refractivity contribution in [1.82, 2.24) is 14.0 Å². The number of nitrogens with one attached hydrogen (secondary N) is 1. The first-order chi connectivity index (χ1) is 8.01. The number of hydrogen-bond donors (Lipinski definition) is 4. The highest BCUT2D eigenvalue weighted by molar-refractivity contribution is 8.20. The minimum Gasteiger partial charge on any atom is -0.376 e. The molecule has 0 radical (unpaired) electrons. The summed E-state index contributed by atoms with van der Waals surface area (Å²) < 4.78 is 22.9. The molecule has 0 bridgehead atoms. The van der Waals surface area contributed by atoms with Gasteiger partial charge in [-0.25, -0.2) is 4.98 Å². The Bertz CT molecular complexity index is 462. The van der Waals surface area contributed by atoms with Crippen LogP contribution in [-0.2, 0) is 6.54 Å². The number of nitrogens with zero attached hydrogens (tertiary/aromatic N) is 3. The Morgan fingerprint density at radius 1 is 1.65 bits per heavy atom. The Morgan fingerprint density at radius 2 is 2.41 bits per heavy atom. The molecule has 0 saturated carbocycles. The van der Waals surface area contributed by atoms with E-state index >= 15 is 0 Å². The van der Waals surface area contributed by atoms with E-state index in [0.717, 1.165) is 5.56 Å². The zero-order valence-electron chi connectivity index (χ0n) is 8.82. The summed E-state index contributed by atoms with van der Waals surface area (Å²) in [6, 6.07) is 5.16. The fourth-order valence-corrected chi connectivity index (χ4v) is 2.85. The average Bonchev–Trinajstić information content (AvgIpc) is 2.52. The molecule has 2 rings (SSSR count). The third kappa shape index (κ3) is 2.73. The average molecular weight is 256 g/mol. The van der Waals surface area contributed by atoms with Gasteiger partial charge in [0.15, 0.2) is 0 Å². The van der Waals surface area contributed by atoms with Crippen LogP contribution in [0.25, 0.3) is 0 Å². The molecule has 1 aliphatic rings. The fourth-order valence-electron chi connectivity index (χ4n) is 1.58. The molecule has 8 heteroatoms. The molecule has 7 nitrogen and oxygen atoms in total. The largest absolute Gasteiger partial charge is 0.376 e. The van der Waals surface area contributed by atoms with Crippen LogP contribution in [0.15, 0.2) is 18.3 Å². The van der Waals surface area contributed by atoms with E-state index in [9.17, 15) is 14.2 Å². The number of aromatic nitrogens is 1. The predicted octanol–water partition coefficient (Wildman–Crippen LogP) is 0.257. The van der Waals surface area contributed by atoms with Gasteiger partial charge in [-0.3, -0.25) is 9.11 Å². The second-order valence-corrected chi connectivity index (χ2v) is 5.43. The second kappa shape index (κ2) is 4.58. The van der Waals surface area contributed by atoms with Crippen LogP contribution in [0, 0.1) is 11.3 Å². The Balaban J connectivity index is 2.13. The smallest absolute Gasteiger partial charge is 0.140 e. The van der Waals surface area contributed by atoms with E-state index in [1.165, 1.54) is 10.5 Å². The van der Waals surface area contributed by atoms with Crippen molar-refractivity contribution in [3.8, 4) is 6.07 Å². The highest BCUT2D eigenvalue weighted by Gasteiger charge is 2.34. The molecule has 0 aliphatic carbocycles. The highest BCUT2D eigenvalue weighted by Crippen LogP contribution is 2.44. The number of nitriles is 1. The van der Waals surface area contributed by atoms with Crippen molar-refractivity contribution in [3.05, 3.63) is 29.6 Å². The lowest BCUT2D eigenvalue weighted by molar-refractivity contribution is 0.159. The number of hydrogen-bond acceptors (Lipinski definition) is 7. The third-order valence-corrected chi connectivity index (χ3v) is 3.92. The van der Waals surface area contributed by atoms with Crippen LogP contribution in [0.3, 0.4) is 0 Å². The van der Waals surface area contributed by atoms with Crippen molar-refractivity contribution in [3.63, 3.8) is 0 Å². The first-order valence-electron chi connectivity index (χ1n) is 4.85. The molecule has 1 aliphatic heterocycles. The van der Waals surface area contributed by atoms with Crippen LogP contribution in [-0.4, -0.2) is 36.3 Å². The minimum atomic E-state index is -3.12. The van der Waals surface area contributed by atoms with Gasteiger partial charge in [0.1, 0.15) is 18.0 Å². The van der Waals surface area contributed by atoms with Crippen molar-refractivity contribution < 1.29 is 14.2 Å². The minimum absolute atomic E-state index is 0.118. The SMILES string of the molecule is N#Cc1cc(CN2CC(O)NS2(O)O)ccn1. The summed E-state index contributed by atoms with van der Waals surface area (Å²) in [4.78, 5) is 3.82. The number of rotatable bonds is 2. The van der Waals surface area contributed by atoms with Crippen molar-refractivity contribution in [1.29, 1.82) is 5.26 Å². The van der Waals surface area contributed by atoms with Crippen LogP contribution in [0.4, 0.5) is 0 Å². The summed E-state index contributed by atoms with van der Waals surface area (Å²) in [5.74, 6) is 0. The van der Waals surface area contributed by atoms with Gasteiger partial charge in [0, 0.05) is 12.7 Å². The van der Waals surface area contributed by atoms with Gasteiger partial charge in [-0.1, -0.05) is 11.0 Å². The van der Waals surface area contributed by atoms with Gasteiger partial charge in [-0.05, 0) is 17.7 Å². The van der Waals surface area contributed by atoms with E-state index < -0.39 is 17.2 Å². The van der Waals surface area contributed by atoms with Crippen LogP contribution in [0.1, 0.15) is 11.3 Å². The Kier molecular flexibility index (Phi) is 3.30. The maximum Gasteiger partial charge on any atom is 0.140 e. The molecule has 92 valence electrons. The number of aliphatic hydroxyl groups is 1. The van der Waals surface area contributed by atoms with Gasteiger partial charge >= 0.3 is 0 Å². The quantitative estimate of drug-likeness (QED) is 0.600. The number of pyridine rings is 1. The Labute approximate surface area is 99.9 Å². The predicted molar refractivity (Wildman–Crippen MR) is 61.4 cm³/mol. The van der Waals surface area contributed by atoms with E-state index in [1.54, 1.807) is 12.1 Å². The van der Waals surface area contributed by atoms with E-state index in [1.807, 2.05) is 6.07 Å². The van der Waals surface area contributed by atoms with Crippen LogP contribution in [0.2, 0.25) is 0 Å². The van der Waals surface area contributed by atoms with Gasteiger partial charge < -0.3 is 5.11 Å². The van der Waals surface area contributed by atoms with Gasteiger partial charge in [0.05, 0.1) is 6.54 Å². The number of β-amino-alcohol motifs (C(OH)–C–C–N with tert-alkyl or cyclic N) is 1.